The van der Waals surface area contributed by atoms with Crippen molar-refractivity contribution in [3.63, 3.8) is 0 Å². The second-order valence-corrected chi connectivity index (χ2v) is 4.74. The molecule has 1 aromatic carbocycles. The third-order valence-electron chi connectivity index (χ3n) is 2.51. The number of para-hydroxylation sites is 1. The van der Waals surface area contributed by atoms with Crippen LogP contribution in [-0.4, -0.2) is 19.2 Å². The third kappa shape index (κ3) is 2.48. The third-order valence-corrected chi connectivity index (χ3v) is 3.67. The maximum atomic E-state index is 5.34. The van der Waals surface area contributed by atoms with Crippen LogP contribution in [0.5, 0.6) is 5.75 Å². The molecule has 90 valence electrons. The van der Waals surface area contributed by atoms with E-state index in [1.54, 1.807) is 25.6 Å². The van der Waals surface area contributed by atoms with Crippen molar-refractivity contribution < 1.29 is 9.47 Å². The number of aromatic nitrogens is 1. The molecule has 0 aliphatic carbocycles. The maximum Gasteiger partial charge on any atom is 0.129 e. The van der Waals surface area contributed by atoms with Gasteiger partial charge < -0.3 is 9.47 Å². The number of thiazole rings is 1. The van der Waals surface area contributed by atoms with Gasteiger partial charge in [-0.2, -0.15) is 0 Å². The minimum absolute atomic E-state index is 0.610. The lowest BCUT2D eigenvalue weighted by Crippen LogP contribution is -1.87. The van der Waals surface area contributed by atoms with Gasteiger partial charge >= 0.3 is 0 Å². The summed E-state index contributed by atoms with van der Waals surface area (Å²) in [7, 11) is 3.37. The van der Waals surface area contributed by atoms with Crippen LogP contribution in [0.4, 0.5) is 0 Å². The summed E-state index contributed by atoms with van der Waals surface area (Å²) in [6, 6.07) is 7.92. The summed E-state index contributed by atoms with van der Waals surface area (Å²) in [5, 5.41) is 0.979. The van der Waals surface area contributed by atoms with E-state index < -0.39 is 0 Å². The van der Waals surface area contributed by atoms with Crippen LogP contribution in [0.25, 0.3) is 10.6 Å². The molecule has 0 saturated carbocycles. The molecule has 0 fully saturated rings. The molecule has 3 nitrogen and oxygen atoms in total. The molecule has 1 aromatic heterocycles. The van der Waals surface area contributed by atoms with E-state index in [1.807, 2.05) is 31.2 Å². The molecule has 0 aliphatic heterocycles. The van der Waals surface area contributed by atoms with E-state index >= 15 is 0 Å². The van der Waals surface area contributed by atoms with E-state index in [9.17, 15) is 0 Å². The van der Waals surface area contributed by atoms with Gasteiger partial charge in [-0.05, 0) is 19.1 Å². The van der Waals surface area contributed by atoms with Gasteiger partial charge in [-0.3, -0.25) is 0 Å². The SMILES string of the molecule is COCc1sc(-c2ccccc2OC)nc1C. The van der Waals surface area contributed by atoms with Crippen LogP contribution in [0, 0.1) is 6.92 Å². The number of rotatable bonds is 4. The van der Waals surface area contributed by atoms with Gasteiger partial charge in [0.25, 0.3) is 0 Å². The highest BCUT2D eigenvalue weighted by molar-refractivity contribution is 7.15. The lowest BCUT2D eigenvalue weighted by atomic mass is 10.2. The molecule has 0 saturated heterocycles. The van der Waals surface area contributed by atoms with Gasteiger partial charge in [0, 0.05) is 7.11 Å². The van der Waals surface area contributed by atoms with Gasteiger partial charge in [0.05, 0.1) is 29.9 Å². The van der Waals surface area contributed by atoms with E-state index in [0.29, 0.717) is 6.61 Å². The first kappa shape index (κ1) is 12.1. The molecule has 0 unspecified atom stereocenters. The van der Waals surface area contributed by atoms with Crippen LogP contribution in [0.2, 0.25) is 0 Å². The molecule has 0 aliphatic rings. The summed E-state index contributed by atoms with van der Waals surface area (Å²) in [6.45, 7) is 2.61. The molecule has 0 spiro atoms. The quantitative estimate of drug-likeness (QED) is 0.833. The Bertz CT molecular complexity index is 508. The van der Waals surface area contributed by atoms with Crippen molar-refractivity contribution >= 4 is 11.3 Å². The summed E-state index contributed by atoms with van der Waals surface area (Å²) in [4.78, 5) is 5.73. The Balaban J connectivity index is 2.42. The largest absolute Gasteiger partial charge is 0.496 e. The zero-order chi connectivity index (χ0) is 12.3. The topological polar surface area (TPSA) is 31.4 Å². The van der Waals surface area contributed by atoms with Crippen molar-refractivity contribution in [1.82, 2.24) is 4.98 Å². The minimum atomic E-state index is 0.610. The summed E-state index contributed by atoms with van der Waals surface area (Å²) >= 11 is 1.65. The Hall–Kier alpha value is -1.39. The highest BCUT2D eigenvalue weighted by Crippen LogP contribution is 2.34. The Morgan fingerprint density at radius 1 is 1.24 bits per heavy atom. The van der Waals surface area contributed by atoms with Crippen molar-refractivity contribution in [1.29, 1.82) is 0 Å². The van der Waals surface area contributed by atoms with Gasteiger partial charge in [-0.15, -0.1) is 11.3 Å². The van der Waals surface area contributed by atoms with Crippen molar-refractivity contribution in [2.24, 2.45) is 0 Å². The van der Waals surface area contributed by atoms with Gasteiger partial charge in [-0.1, -0.05) is 12.1 Å². The van der Waals surface area contributed by atoms with Crippen LogP contribution in [-0.2, 0) is 11.3 Å². The maximum absolute atomic E-state index is 5.34. The highest BCUT2D eigenvalue weighted by atomic mass is 32.1. The number of ether oxygens (including phenoxy) is 2. The van der Waals surface area contributed by atoms with Crippen LogP contribution in [0.3, 0.4) is 0 Å². The molecule has 0 bridgehead atoms. The summed E-state index contributed by atoms with van der Waals surface area (Å²) in [5.41, 5.74) is 2.06. The number of nitrogens with zero attached hydrogens (tertiary/aromatic N) is 1. The fourth-order valence-corrected chi connectivity index (χ4v) is 2.69. The van der Waals surface area contributed by atoms with Crippen LogP contribution >= 0.6 is 11.3 Å². The first-order valence-electron chi connectivity index (χ1n) is 5.35. The number of benzene rings is 1. The smallest absolute Gasteiger partial charge is 0.129 e. The Labute approximate surface area is 105 Å². The first-order valence-corrected chi connectivity index (χ1v) is 6.16. The molecular formula is C13H15NO2S. The molecule has 2 rings (SSSR count). The molecular weight excluding hydrogens is 234 g/mol. The summed E-state index contributed by atoms with van der Waals surface area (Å²) in [5.74, 6) is 0.852. The van der Waals surface area contributed by atoms with Gasteiger partial charge in [0.1, 0.15) is 10.8 Å². The van der Waals surface area contributed by atoms with Crippen LogP contribution < -0.4 is 4.74 Å². The van der Waals surface area contributed by atoms with E-state index in [1.165, 1.54) is 0 Å². The molecule has 1 heterocycles. The number of aryl methyl sites for hydroxylation is 1. The van der Waals surface area contributed by atoms with Crippen LogP contribution in [0.1, 0.15) is 10.6 Å². The van der Waals surface area contributed by atoms with Crippen molar-refractivity contribution in [3.8, 4) is 16.3 Å². The number of methoxy groups -OCH3 is 2. The fraction of sp³-hybridized carbons (Fsp3) is 0.308. The van der Waals surface area contributed by atoms with Gasteiger partial charge in [0.2, 0.25) is 0 Å². The Kier molecular flexibility index (Phi) is 3.76. The molecule has 0 amide bonds. The standard InChI is InChI=1S/C13H15NO2S/c1-9-12(8-15-2)17-13(14-9)10-6-4-5-7-11(10)16-3/h4-7H,8H2,1-3H3. The van der Waals surface area contributed by atoms with E-state index in [-0.39, 0.29) is 0 Å². The zero-order valence-electron chi connectivity index (χ0n) is 10.2. The average Bonchev–Trinajstić information content (AvgIpc) is 2.71. The second kappa shape index (κ2) is 5.29. The lowest BCUT2D eigenvalue weighted by Gasteiger charge is -2.04. The van der Waals surface area contributed by atoms with Crippen molar-refractivity contribution in [3.05, 3.63) is 34.8 Å². The minimum Gasteiger partial charge on any atom is -0.496 e. The van der Waals surface area contributed by atoms with E-state index in [4.69, 9.17) is 9.47 Å². The zero-order valence-corrected chi connectivity index (χ0v) is 11.0. The van der Waals surface area contributed by atoms with Crippen molar-refractivity contribution in [2.45, 2.75) is 13.5 Å². The Morgan fingerprint density at radius 3 is 2.71 bits per heavy atom. The summed E-state index contributed by atoms with van der Waals surface area (Å²) in [6.07, 6.45) is 0. The first-order chi connectivity index (χ1) is 8.26. The molecule has 0 N–H and O–H groups in total. The number of hydrogen-bond acceptors (Lipinski definition) is 4. The summed E-state index contributed by atoms with van der Waals surface area (Å²) < 4.78 is 10.5. The molecule has 0 radical (unpaired) electrons. The average molecular weight is 249 g/mol. The van der Waals surface area contributed by atoms with Crippen LogP contribution in [0.15, 0.2) is 24.3 Å². The number of hydrogen-bond donors (Lipinski definition) is 0. The Morgan fingerprint density at radius 2 is 2.00 bits per heavy atom. The van der Waals surface area contributed by atoms with Gasteiger partial charge in [-0.25, -0.2) is 4.98 Å². The fourth-order valence-electron chi connectivity index (χ4n) is 1.63. The van der Waals surface area contributed by atoms with E-state index in [0.717, 1.165) is 26.9 Å². The van der Waals surface area contributed by atoms with Crippen molar-refractivity contribution in [2.75, 3.05) is 14.2 Å². The monoisotopic (exact) mass is 249 g/mol. The lowest BCUT2D eigenvalue weighted by molar-refractivity contribution is 0.187. The molecule has 4 heteroatoms. The highest BCUT2D eigenvalue weighted by Gasteiger charge is 2.12. The molecule has 2 aromatic rings. The molecule has 17 heavy (non-hydrogen) atoms. The normalized spacial score (nSPS) is 10.5. The predicted molar refractivity (Wildman–Crippen MR) is 69.6 cm³/mol. The molecule has 0 atom stereocenters. The second-order valence-electron chi connectivity index (χ2n) is 3.66. The predicted octanol–water partition coefficient (Wildman–Crippen LogP) is 3.27. The van der Waals surface area contributed by atoms with E-state index in [2.05, 4.69) is 4.98 Å². The van der Waals surface area contributed by atoms with Gasteiger partial charge in [0.15, 0.2) is 0 Å².